The van der Waals surface area contributed by atoms with E-state index in [4.69, 9.17) is 5.73 Å². The molecule has 0 atom stereocenters. The van der Waals surface area contributed by atoms with E-state index in [1.54, 1.807) is 6.92 Å². The van der Waals surface area contributed by atoms with Gasteiger partial charge in [0.2, 0.25) is 5.43 Å². The van der Waals surface area contributed by atoms with Gasteiger partial charge >= 0.3 is 6.18 Å². The summed E-state index contributed by atoms with van der Waals surface area (Å²) in [6, 6.07) is 7.29. The Morgan fingerprint density at radius 1 is 1.19 bits per heavy atom. The molecule has 3 rings (SSSR count). The highest BCUT2D eigenvalue weighted by Crippen LogP contribution is 2.33. The normalized spacial score (nSPS) is 11.7. The van der Waals surface area contributed by atoms with Crippen molar-refractivity contribution in [1.29, 1.82) is 0 Å². The average molecular weight is 362 g/mol. The van der Waals surface area contributed by atoms with Crippen molar-refractivity contribution in [3.63, 3.8) is 0 Å². The van der Waals surface area contributed by atoms with Crippen molar-refractivity contribution in [3.8, 4) is 11.4 Å². The van der Waals surface area contributed by atoms with Gasteiger partial charge in [-0.3, -0.25) is 9.59 Å². The van der Waals surface area contributed by atoms with Gasteiger partial charge in [0.25, 0.3) is 5.91 Å². The van der Waals surface area contributed by atoms with Crippen LogP contribution in [0.4, 0.5) is 13.2 Å². The van der Waals surface area contributed by atoms with Crippen LogP contribution in [-0.2, 0) is 6.18 Å². The van der Waals surface area contributed by atoms with Crippen LogP contribution in [0.3, 0.4) is 0 Å². The van der Waals surface area contributed by atoms with Gasteiger partial charge in [-0.25, -0.2) is 0 Å². The van der Waals surface area contributed by atoms with Gasteiger partial charge in [-0.1, -0.05) is 12.1 Å². The Labute approximate surface area is 145 Å². The number of hydrogen-bond acceptors (Lipinski definition) is 3. The second-order valence-corrected chi connectivity index (χ2v) is 5.78. The summed E-state index contributed by atoms with van der Waals surface area (Å²) in [5, 5.41) is 9.84. The topological polar surface area (TPSA) is 85.3 Å². The molecule has 8 heteroatoms. The van der Waals surface area contributed by atoms with Crippen molar-refractivity contribution in [2.45, 2.75) is 13.1 Å². The molecule has 134 valence electrons. The van der Waals surface area contributed by atoms with E-state index in [1.165, 1.54) is 28.8 Å². The van der Waals surface area contributed by atoms with Gasteiger partial charge in [-0.2, -0.15) is 13.2 Å². The first-order valence-electron chi connectivity index (χ1n) is 7.46. The minimum atomic E-state index is -4.56. The quantitative estimate of drug-likeness (QED) is 0.734. The molecule has 5 nitrogen and oxygen atoms in total. The van der Waals surface area contributed by atoms with Crippen LogP contribution in [0.5, 0.6) is 5.75 Å². The number of aromatic nitrogens is 1. The minimum absolute atomic E-state index is 0.109. The maximum absolute atomic E-state index is 13.1. The van der Waals surface area contributed by atoms with E-state index < -0.39 is 34.4 Å². The van der Waals surface area contributed by atoms with Gasteiger partial charge in [0, 0.05) is 11.9 Å². The maximum Gasteiger partial charge on any atom is 0.416 e. The fraction of sp³-hybridized carbons (Fsp3) is 0.111. The summed E-state index contributed by atoms with van der Waals surface area (Å²) in [7, 11) is 0. The third kappa shape index (κ3) is 2.79. The van der Waals surface area contributed by atoms with Crippen molar-refractivity contribution in [2.24, 2.45) is 5.73 Å². The van der Waals surface area contributed by atoms with Gasteiger partial charge in [-0.05, 0) is 36.8 Å². The highest BCUT2D eigenvalue weighted by atomic mass is 19.4. The Bertz CT molecular complexity index is 1100. The predicted octanol–water partition coefficient (Wildman–Crippen LogP) is 3.12. The molecule has 0 fully saturated rings. The van der Waals surface area contributed by atoms with Crippen LogP contribution < -0.4 is 11.2 Å². The minimum Gasteiger partial charge on any atom is -0.507 e. The van der Waals surface area contributed by atoms with Crippen molar-refractivity contribution < 1.29 is 23.1 Å². The Morgan fingerprint density at radius 3 is 2.50 bits per heavy atom. The second-order valence-electron chi connectivity index (χ2n) is 5.78. The van der Waals surface area contributed by atoms with Crippen LogP contribution in [0.1, 0.15) is 21.5 Å². The SMILES string of the molecule is Cc1ccc(C(F)(F)F)cc1-n1cc(C(N)=O)c(=O)c2c(O)cccc21. The number of pyridine rings is 1. The summed E-state index contributed by atoms with van der Waals surface area (Å²) in [5.74, 6) is -1.44. The Balaban J connectivity index is 2.47. The molecule has 0 saturated heterocycles. The van der Waals surface area contributed by atoms with Crippen LogP contribution in [0.15, 0.2) is 47.4 Å². The molecule has 2 aromatic carbocycles. The summed E-state index contributed by atoms with van der Waals surface area (Å²) in [6.45, 7) is 1.59. The highest BCUT2D eigenvalue weighted by molar-refractivity contribution is 5.98. The number of benzene rings is 2. The molecule has 0 radical (unpaired) electrons. The zero-order chi connectivity index (χ0) is 19.2. The molecule has 0 aliphatic carbocycles. The standard InChI is InChI=1S/C18H13F3N2O3/c1-9-5-6-10(18(19,20)21)7-13(9)23-8-11(17(22)26)16(25)15-12(23)3-2-4-14(15)24/h2-8,24H,1H3,(H2,22,26). The number of nitrogens with two attached hydrogens (primary N) is 1. The summed E-state index contributed by atoms with van der Waals surface area (Å²) >= 11 is 0. The maximum atomic E-state index is 13.1. The molecular formula is C18H13F3N2O3. The summed E-state index contributed by atoms with van der Waals surface area (Å²) < 4.78 is 40.5. The zero-order valence-corrected chi connectivity index (χ0v) is 13.5. The number of amides is 1. The largest absolute Gasteiger partial charge is 0.507 e. The summed E-state index contributed by atoms with van der Waals surface area (Å²) in [5.41, 5.74) is 3.86. The van der Waals surface area contributed by atoms with Gasteiger partial charge in [0.05, 0.1) is 16.5 Å². The number of carbonyl (C=O) groups is 1. The molecule has 0 unspecified atom stereocenters. The smallest absolute Gasteiger partial charge is 0.416 e. The van der Waals surface area contributed by atoms with Crippen LogP contribution >= 0.6 is 0 Å². The lowest BCUT2D eigenvalue weighted by Gasteiger charge is -2.17. The third-order valence-corrected chi connectivity index (χ3v) is 4.07. The van der Waals surface area contributed by atoms with E-state index >= 15 is 0 Å². The molecule has 0 aliphatic rings. The molecular weight excluding hydrogens is 349 g/mol. The van der Waals surface area contributed by atoms with Crippen LogP contribution in [0.25, 0.3) is 16.6 Å². The lowest BCUT2D eigenvalue weighted by atomic mass is 10.1. The number of halogens is 3. The fourth-order valence-corrected chi connectivity index (χ4v) is 2.77. The number of nitrogens with zero attached hydrogens (tertiary/aromatic N) is 1. The highest BCUT2D eigenvalue weighted by Gasteiger charge is 2.31. The lowest BCUT2D eigenvalue weighted by Crippen LogP contribution is -2.24. The number of fused-ring (bicyclic) bond motifs is 1. The van der Waals surface area contributed by atoms with E-state index in [-0.39, 0.29) is 16.6 Å². The number of rotatable bonds is 2. The first-order chi connectivity index (χ1) is 12.1. The van der Waals surface area contributed by atoms with Crippen molar-refractivity contribution >= 4 is 16.8 Å². The molecule has 0 spiro atoms. The summed E-state index contributed by atoms with van der Waals surface area (Å²) in [6.07, 6.45) is -3.47. The van der Waals surface area contributed by atoms with Crippen LogP contribution in [0, 0.1) is 6.92 Å². The van der Waals surface area contributed by atoms with E-state index in [2.05, 4.69) is 0 Å². The number of primary amides is 1. The molecule has 0 saturated carbocycles. The van der Waals surface area contributed by atoms with Crippen LogP contribution in [0.2, 0.25) is 0 Å². The molecule has 3 aromatic rings. The van der Waals surface area contributed by atoms with Gasteiger partial charge in [-0.15, -0.1) is 0 Å². The summed E-state index contributed by atoms with van der Waals surface area (Å²) in [4.78, 5) is 24.0. The first kappa shape index (κ1) is 17.5. The van der Waals surface area contributed by atoms with Gasteiger partial charge < -0.3 is 15.4 Å². The monoisotopic (exact) mass is 362 g/mol. The molecule has 1 amide bonds. The molecule has 1 aromatic heterocycles. The number of aromatic hydroxyl groups is 1. The van der Waals surface area contributed by atoms with Crippen molar-refractivity contribution in [1.82, 2.24) is 4.57 Å². The number of alkyl halides is 3. The lowest BCUT2D eigenvalue weighted by molar-refractivity contribution is -0.137. The Kier molecular flexibility index (Phi) is 3.98. The molecule has 0 bridgehead atoms. The molecule has 3 N–H and O–H groups in total. The molecule has 26 heavy (non-hydrogen) atoms. The Morgan fingerprint density at radius 2 is 1.88 bits per heavy atom. The fourth-order valence-electron chi connectivity index (χ4n) is 2.77. The number of phenols is 1. The van der Waals surface area contributed by atoms with E-state index in [0.29, 0.717) is 5.56 Å². The van der Waals surface area contributed by atoms with Crippen LogP contribution in [-0.4, -0.2) is 15.6 Å². The number of aryl methyl sites for hydroxylation is 1. The van der Waals surface area contributed by atoms with Gasteiger partial charge in [0.1, 0.15) is 11.3 Å². The Hall–Kier alpha value is -3.29. The molecule has 1 heterocycles. The number of phenolic OH excluding ortho intramolecular Hbond substituents is 1. The third-order valence-electron chi connectivity index (χ3n) is 4.07. The number of hydrogen-bond donors (Lipinski definition) is 2. The second kappa shape index (κ2) is 5.91. The molecule has 0 aliphatic heterocycles. The zero-order valence-electron chi connectivity index (χ0n) is 13.5. The van der Waals surface area contributed by atoms with E-state index in [1.807, 2.05) is 0 Å². The van der Waals surface area contributed by atoms with E-state index in [9.17, 15) is 27.9 Å². The predicted molar refractivity (Wildman–Crippen MR) is 89.5 cm³/mol. The average Bonchev–Trinajstić information content (AvgIpc) is 2.54. The van der Waals surface area contributed by atoms with Gasteiger partial charge in [0.15, 0.2) is 0 Å². The van der Waals surface area contributed by atoms with Crippen molar-refractivity contribution in [3.05, 3.63) is 69.5 Å². The van der Waals surface area contributed by atoms with Crippen molar-refractivity contribution in [2.75, 3.05) is 0 Å². The van der Waals surface area contributed by atoms with E-state index in [0.717, 1.165) is 18.3 Å². The first-order valence-corrected chi connectivity index (χ1v) is 7.46. The number of carbonyl (C=O) groups excluding carboxylic acids is 1.